The largest absolute Gasteiger partial charge is 0.361 e. The molecule has 2 aromatic rings. The molecule has 0 radical (unpaired) electrons. The molecule has 0 amide bonds. The Bertz CT molecular complexity index is 465. The fourth-order valence-corrected chi connectivity index (χ4v) is 2.35. The number of hydrogen-bond acceptors (Lipinski definition) is 0. The number of aromatic amines is 1. The van der Waals surface area contributed by atoms with Crippen LogP contribution < -0.4 is 0 Å². The Morgan fingerprint density at radius 3 is 2.81 bits per heavy atom. The molecular formula is C15H21N. The average Bonchev–Trinajstić information content (AvgIpc) is 2.62. The van der Waals surface area contributed by atoms with Gasteiger partial charge in [0.2, 0.25) is 0 Å². The molecule has 0 aliphatic heterocycles. The quantitative estimate of drug-likeness (QED) is 0.775. The van der Waals surface area contributed by atoms with Gasteiger partial charge < -0.3 is 4.98 Å². The van der Waals surface area contributed by atoms with Crippen molar-refractivity contribution in [1.29, 1.82) is 0 Å². The summed E-state index contributed by atoms with van der Waals surface area (Å²) in [5.41, 5.74) is 4.14. The van der Waals surface area contributed by atoms with E-state index in [9.17, 15) is 0 Å². The van der Waals surface area contributed by atoms with Gasteiger partial charge in [0.05, 0.1) is 0 Å². The zero-order valence-corrected chi connectivity index (χ0v) is 10.5. The number of aryl methyl sites for hydroxylation is 2. The topological polar surface area (TPSA) is 15.8 Å². The maximum atomic E-state index is 3.37. The Morgan fingerprint density at radius 1 is 1.25 bits per heavy atom. The molecule has 0 unspecified atom stereocenters. The van der Waals surface area contributed by atoms with Crippen molar-refractivity contribution in [2.45, 2.75) is 40.0 Å². The van der Waals surface area contributed by atoms with Crippen LogP contribution in [0.3, 0.4) is 0 Å². The number of fused-ring (bicyclic) bond motifs is 1. The van der Waals surface area contributed by atoms with Gasteiger partial charge in [0, 0.05) is 17.1 Å². The Kier molecular flexibility index (Phi) is 3.33. The fraction of sp³-hybridized carbons (Fsp3) is 0.467. The maximum absolute atomic E-state index is 3.37. The van der Waals surface area contributed by atoms with Crippen LogP contribution in [0.4, 0.5) is 0 Å². The number of benzene rings is 1. The van der Waals surface area contributed by atoms with E-state index in [2.05, 4.69) is 50.2 Å². The van der Waals surface area contributed by atoms with Gasteiger partial charge in [-0.15, -0.1) is 0 Å². The Hall–Kier alpha value is -1.24. The van der Waals surface area contributed by atoms with E-state index >= 15 is 0 Å². The standard InChI is InChI=1S/C15H21N/c1-11(2)6-4-8-13-10-16-14-9-5-7-12(3)15(13)14/h5,7,9-11,16H,4,6,8H2,1-3H3. The first-order chi connectivity index (χ1) is 7.68. The third-order valence-electron chi connectivity index (χ3n) is 3.22. The predicted molar refractivity (Wildman–Crippen MR) is 70.8 cm³/mol. The van der Waals surface area contributed by atoms with Crippen molar-refractivity contribution in [3.05, 3.63) is 35.5 Å². The number of aromatic nitrogens is 1. The van der Waals surface area contributed by atoms with Crippen molar-refractivity contribution >= 4 is 10.9 Å². The Morgan fingerprint density at radius 2 is 2.06 bits per heavy atom. The second-order valence-corrected chi connectivity index (χ2v) is 5.10. The fourth-order valence-electron chi connectivity index (χ4n) is 2.35. The number of H-pyrrole nitrogens is 1. The molecule has 0 saturated heterocycles. The summed E-state index contributed by atoms with van der Waals surface area (Å²) in [5.74, 6) is 0.811. The van der Waals surface area contributed by atoms with Gasteiger partial charge in [-0.1, -0.05) is 32.4 Å². The lowest BCUT2D eigenvalue weighted by atomic mass is 10.0. The summed E-state index contributed by atoms with van der Waals surface area (Å²) in [5, 5.41) is 1.44. The summed E-state index contributed by atoms with van der Waals surface area (Å²) in [7, 11) is 0. The molecule has 1 aromatic heterocycles. The molecule has 1 aromatic carbocycles. The van der Waals surface area contributed by atoms with Crippen LogP contribution in [0.5, 0.6) is 0 Å². The summed E-state index contributed by atoms with van der Waals surface area (Å²) >= 11 is 0. The van der Waals surface area contributed by atoms with E-state index in [-0.39, 0.29) is 0 Å². The minimum atomic E-state index is 0.811. The minimum Gasteiger partial charge on any atom is -0.361 e. The lowest BCUT2D eigenvalue weighted by Gasteiger charge is -2.04. The third kappa shape index (κ3) is 2.29. The van der Waals surface area contributed by atoms with Crippen LogP contribution in [0.1, 0.15) is 37.8 Å². The van der Waals surface area contributed by atoms with Crippen LogP contribution in [0.25, 0.3) is 10.9 Å². The van der Waals surface area contributed by atoms with E-state index in [4.69, 9.17) is 0 Å². The first-order valence-corrected chi connectivity index (χ1v) is 6.24. The highest BCUT2D eigenvalue weighted by atomic mass is 14.7. The van der Waals surface area contributed by atoms with E-state index in [0.29, 0.717) is 0 Å². The zero-order valence-electron chi connectivity index (χ0n) is 10.5. The molecule has 1 N–H and O–H groups in total. The van der Waals surface area contributed by atoms with Gasteiger partial charge in [0.1, 0.15) is 0 Å². The van der Waals surface area contributed by atoms with Gasteiger partial charge in [0.15, 0.2) is 0 Å². The summed E-state index contributed by atoms with van der Waals surface area (Å²) in [6.45, 7) is 6.78. The van der Waals surface area contributed by atoms with Gasteiger partial charge in [-0.05, 0) is 42.9 Å². The monoisotopic (exact) mass is 215 g/mol. The highest BCUT2D eigenvalue weighted by Crippen LogP contribution is 2.23. The maximum Gasteiger partial charge on any atom is 0.0459 e. The summed E-state index contributed by atoms with van der Waals surface area (Å²) < 4.78 is 0. The predicted octanol–water partition coefficient (Wildman–Crippen LogP) is 4.46. The third-order valence-corrected chi connectivity index (χ3v) is 3.22. The molecule has 0 aliphatic rings. The van der Waals surface area contributed by atoms with Crippen molar-refractivity contribution in [3.63, 3.8) is 0 Å². The lowest BCUT2D eigenvalue weighted by Crippen LogP contribution is -1.90. The molecule has 0 saturated carbocycles. The van der Waals surface area contributed by atoms with Crippen LogP contribution in [0.2, 0.25) is 0 Å². The lowest BCUT2D eigenvalue weighted by molar-refractivity contribution is 0.556. The number of rotatable bonds is 4. The minimum absolute atomic E-state index is 0.811. The molecule has 2 rings (SSSR count). The summed E-state index contributed by atoms with van der Waals surface area (Å²) in [6.07, 6.45) is 5.98. The van der Waals surface area contributed by atoms with Crippen LogP contribution >= 0.6 is 0 Å². The van der Waals surface area contributed by atoms with Crippen LogP contribution in [-0.2, 0) is 6.42 Å². The first kappa shape index (κ1) is 11.3. The van der Waals surface area contributed by atoms with E-state index in [0.717, 1.165) is 5.92 Å². The van der Waals surface area contributed by atoms with Gasteiger partial charge in [0.25, 0.3) is 0 Å². The van der Waals surface area contributed by atoms with E-state index in [1.807, 2.05) is 0 Å². The van der Waals surface area contributed by atoms with Crippen molar-refractivity contribution < 1.29 is 0 Å². The molecule has 0 fully saturated rings. The molecule has 1 heteroatoms. The second kappa shape index (κ2) is 4.73. The Labute approximate surface area is 97.9 Å². The van der Waals surface area contributed by atoms with Crippen molar-refractivity contribution in [3.8, 4) is 0 Å². The zero-order chi connectivity index (χ0) is 11.5. The van der Waals surface area contributed by atoms with Crippen LogP contribution in [0.15, 0.2) is 24.4 Å². The molecule has 1 nitrogen and oxygen atoms in total. The van der Waals surface area contributed by atoms with Crippen molar-refractivity contribution in [2.24, 2.45) is 5.92 Å². The van der Waals surface area contributed by atoms with Crippen LogP contribution in [0, 0.1) is 12.8 Å². The normalized spacial score (nSPS) is 11.5. The van der Waals surface area contributed by atoms with E-state index < -0.39 is 0 Å². The molecule has 0 bridgehead atoms. The van der Waals surface area contributed by atoms with Gasteiger partial charge >= 0.3 is 0 Å². The molecule has 1 heterocycles. The van der Waals surface area contributed by atoms with Crippen LogP contribution in [-0.4, -0.2) is 4.98 Å². The highest BCUT2D eigenvalue weighted by Gasteiger charge is 2.05. The smallest absolute Gasteiger partial charge is 0.0459 e. The number of hydrogen-bond donors (Lipinski definition) is 1. The summed E-state index contributed by atoms with van der Waals surface area (Å²) in [6, 6.07) is 6.47. The summed E-state index contributed by atoms with van der Waals surface area (Å²) in [4.78, 5) is 3.37. The van der Waals surface area contributed by atoms with E-state index in [1.54, 1.807) is 0 Å². The van der Waals surface area contributed by atoms with Crippen molar-refractivity contribution in [2.75, 3.05) is 0 Å². The second-order valence-electron chi connectivity index (χ2n) is 5.10. The van der Waals surface area contributed by atoms with Gasteiger partial charge in [-0.3, -0.25) is 0 Å². The van der Waals surface area contributed by atoms with E-state index in [1.165, 1.54) is 41.3 Å². The van der Waals surface area contributed by atoms with Crippen molar-refractivity contribution in [1.82, 2.24) is 4.98 Å². The molecule has 0 spiro atoms. The molecule has 16 heavy (non-hydrogen) atoms. The Balaban J connectivity index is 2.18. The number of nitrogens with one attached hydrogen (secondary N) is 1. The molecule has 0 aliphatic carbocycles. The van der Waals surface area contributed by atoms with Gasteiger partial charge in [-0.25, -0.2) is 0 Å². The average molecular weight is 215 g/mol. The van der Waals surface area contributed by atoms with Gasteiger partial charge in [-0.2, -0.15) is 0 Å². The highest BCUT2D eigenvalue weighted by molar-refractivity contribution is 5.86. The molecule has 0 atom stereocenters. The molecular weight excluding hydrogens is 194 g/mol. The molecule has 86 valence electrons. The SMILES string of the molecule is Cc1cccc2[nH]cc(CCCC(C)C)c12. The first-order valence-electron chi connectivity index (χ1n) is 6.24.